The third-order valence-electron chi connectivity index (χ3n) is 4.29. The summed E-state index contributed by atoms with van der Waals surface area (Å²) < 4.78 is 11.6. The topological polar surface area (TPSA) is 68.9 Å². The van der Waals surface area contributed by atoms with Gasteiger partial charge >= 0.3 is 0 Å². The van der Waals surface area contributed by atoms with Gasteiger partial charge in [0.2, 0.25) is 0 Å². The van der Waals surface area contributed by atoms with E-state index in [1.54, 1.807) is 0 Å². The Hall–Kier alpha value is -2.69. The molecule has 26 heavy (non-hydrogen) atoms. The van der Waals surface area contributed by atoms with Crippen molar-refractivity contribution in [3.05, 3.63) is 59.2 Å². The number of aliphatic imine (C=N–C) groups is 1. The van der Waals surface area contributed by atoms with Gasteiger partial charge in [-0.25, -0.2) is 4.99 Å². The molecule has 3 rings (SSSR count). The quantitative estimate of drug-likeness (QED) is 0.635. The first-order valence-electron chi connectivity index (χ1n) is 9.07. The third kappa shape index (κ3) is 4.48. The van der Waals surface area contributed by atoms with Crippen molar-refractivity contribution >= 4 is 5.96 Å². The summed E-state index contributed by atoms with van der Waals surface area (Å²) in [4.78, 5) is 4.52. The molecule has 2 aromatic rings. The van der Waals surface area contributed by atoms with Crippen LogP contribution in [0.4, 0.5) is 0 Å². The minimum atomic E-state index is 0.119. The maximum absolute atomic E-state index is 6.15. The summed E-state index contributed by atoms with van der Waals surface area (Å²) in [6, 6.07) is 14.3. The molecule has 0 fully saturated rings. The molecule has 5 nitrogen and oxygen atoms in total. The highest BCUT2D eigenvalue weighted by atomic mass is 16.5. The molecule has 0 amide bonds. The highest BCUT2D eigenvalue weighted by Gasteiger charge is 2.21. The zero-order valence-electron chi connectivity index (χ0n) is 15.7. The van der Waals surface area contributed by atoms with Crippen LogP contribution in [0.15, 0.2) is 47.5 Å². The summed E-state index contributed by atoms with van der Waals surface area (Å²) in [5.74, 6) is 2.21. The summed E-state index contributed by atoms with van der Waals surface area (Å²) in [5, 5.41) is 3.32. The normalized spacial score (nSPS) is 16.8. The van der Waals surface area contributed by atoms with Gasteiger partial charge in [0.25, 0.3) is 0 Å². The highest BCUT2D eigenvalue weighted by molar-refractivity contribution is 5.78. The molecule has 138 valence electrons. The van der Waals surface area contributed by atoms with Gasteiger partial charge in [0.1, 0.15) is 11.5 Å². The second-order valence-electron chi connectivity index (χ2n) is 6.85. The van der Waals surface area contributed by atoms with Crippen molar-refractivity contribution in [2.75, 3.05) is 6.61 Å². The molecule has 1 aliphatic heterocycles. The van der Waals surface area contributed by atoms with Gasteiger partial charge in [-0.1, -0.05) is 30.3 Å². The highest BCUT2D eigenvalue weighted by Crippen LogP contribution is 2.31. The number of hydrogen-bond donors (Lipinski definition) is 2. The molecule has 0 saturated heterocycles. The van der Waals surface area contributed by atoms with Crippen LogP contribution >= 0.6 is 0 Å². The minimum Gasteiger partial charge on any atom is -0.493 e. The number of para-hydroxylation sites is 1. The molecule has 1 aliphatic rings. The van der Waals surface area contributed by atoms with Gasteiger partial charge in [-0.2, -0.15) is 0 Å². The fraction of sp³-hybridized carbons (Fsp3) is 0.381. The minimum absolute atomic E-state index is 0.119. The van der Waals surface area contributed by atoms with Crippen molar-refractivity contribution < 1.29 is 9.47 Å². The Bertz CT molecular complexity index is 787. The van der Waals surface area contributed by atoms with Crippen molar-refractivity contribution in [1.29, 1.82) is 0 Å². The SMILES string of the molecule is Cc1ccc(CN=C(N)NC2CCOc3ccccc32)c(OC(C)C)c1. The lowest BCUT2D eigenvalue weighted by atomic mass is 10.0. The summed E-state index contributed by atoms with van der Waals surface area (Å²) in [5.41, 5.74) is 9.46. The molecule has 0 radical (unpaired) electrons. The van der Waals surface area contributed by atoms with Crippen molar-refractivity contribution in [1.82, 2.24) is 5.32 Å². The summed E-state index contributed by atoms with van der Waals surface area (Å²) in [7, 11) is 0. The summed E-state index contributed by atoms with van der Waals surface area (Å²) in [6.07, 6.45) is 0.980. The van der Waals surface area contributed by atoms with E-state index in [0.29, 0.717) is 19.1 Å². The van der Waals surface area contributed by atoms with Gasteiger partial charge in [0.05, 0.1) is 25.3 Å². The second-order valence-corrected chi connectivity index (χ2v) is 6.85. The fourth-order valence-corrected chi connectivity index (χ4v) is 3.04. The van der Waals surface area contributed by atoms with E-state index in [-0.39, 0.29) is 12.1 Å². The maximum atomic E-state index is 6.15. The van der Waals surface area contributed by atoms with Gasteiger partial charge in [0, 0.05) is 17.5 Å². The number of nitrogens with one attached hydrogen (secondary N) is 1. The Labute approximate surface area is 155 Å². The molecule has 1 atom stereocenters. The van der Waals surface area contributed by atoms with Gasteiger partial charge in [-0.15, -0.1) is 0 Å². The number of guanidine groups is 1. The molecular formula is C21H27N3O2. The van der Waals surface area contributed by atoms with Crippen LogP contribution in [0.3, 0.4) is 0 Å². The van der Waals surface area contributed by atoms with Gasteiger partial charge in [0.15, 0.2) is 5.96 Å². The van der Waals surface area contributed by atoms with Gasteiger partial charge < -0.3 is 20.5 Å². The summed E-state index contributed by atoms with van der Waals surface area (Å²) in [6.45, 7) is 7.25. The van der Waals surface area contributed by atoms with Crippen molar-refractivity contribution in [2.24, 2.45) is 10.7 Å². The molecule has 2 aromatic carbocycles. The predicted octanol–water partition coefficient (Wildman–Crippen LogP) is 3.71. The van der Waals surface area contributed by atoms with E-state index in [1.807, 2.05) is 44.2 Å². The van der Waals surface area contributed by atoms with Crippen LogP contribution in [0, 0.1) is 6.92 Å². The van der Waals surface area contributed by atoms with Gasteiger partial charge in [-0.3, -0.25) is 0 Å². The number of ether oxygens (including phenoxy) is 2. The van der Waals surface area contributed by atoms with Crippen molar-refractivity contribution in [3.8, 4) is 11.5 Å². The molecule has 0 aliphatic carbocycles. The lowest BCUT2D eigenvalue weighted by Gasteiger charge is -2.27. The zero-order valence-corrected chi connectivity index (χ0v) is 15.7. The average molecular weight is 353 g/mol. The lowest BCUT2D eigenvalue weighted by molar-refractivity contribution is 0.240. The van der Waals surface area contributed by atoms with Crippen molar-refractivity contribution in [3.63, 3.8) is 0 Å². The number of benzene rings is 2. The molecule has 0 saturated carbocycles. The molecule has 1 unspecified atom stereocenters. The molecule has 0 bridgehead atoms. The zero-order chi connectivity index (χ0) is 18.5. The first kappa shape index (κ1) is 18.1. The number of fused-ring (bicyclic) bond motifs is 1. The molecular weight excluding hydrogens is 326 g/mol. The van der Waals surface area contributed by atoms with Crippen LogP contribution in [0.5, 0.6) is 11.5 Å². The molecule has 5 heteroatoms. The molecule has 3 N–H and O–H groups in total. The van der Waals surface area contributed by atoms with E-state index in [0.717, 1.165) is 29.0 Å². The first-order valence-corrected chi connectivity index (χ1v) is 9.07. The number of nitrogens with zero attached hydrogens (tertiary/aromatic N) is 1. The largest absolute Gasteiger partial charge is 0.493 e. The number of rotatable bonds is 5. The number of aryl methyl sites for hydroxylation is 1. The van der Waals surface area contributed by atoms with Crippen molar-refractivity contribution in [2.45, 2.75) is 45.9 Å². The van der Waals surface area contributed by atoms with E-state index in [9.17, 15) is 0 Å². The fourth-order valence-electron chi connectivity index (χ4n) is 3.04. The van der Waals surface area contributed by atoms with Crippen LogP contribution < -0.4 is 20.5 Å². The Balaban J connectivity index is 1.70. The monoisotopic (exact) mass is 353 g/mol. The van der Waals surface area contributed by atoms with E-state index in [4.69, 9.17) is 15.2 Å². The lowest BCUT2D eigenvalue weighted by Crippen LogP contribution is -2.37. The van der Waals surface area contributed by atoms with Crippen LogP contribution in [-0.2, 0) is 6.54 Å². The van der Waals surface area contributed by atoms with E-state index < -0.39 is 0 Å². The summed E-state index contributed by atoms with van der Waals surface area (Å²) >= 11 is 0. The van der Waals surface area contributed by atoms with Crippen LogP contribution in [0.2, 0.25) is 0 Å². The third-order valence-corrected chi connectivity index (χ3v) is 4.29. The first-order chi connectivity index (χ1) is 12.5. The molecule has 0 spiro atoms. The maximum Gasteiger partial charge on any atom is 0.189 e. The van der Waals surface area contributed by atoms with Crippen LogP contribution in [-0.4, -0.2) is 18.7 Å². The Morgan fingerprint density at radius 3 is 2.92 bits per heavy atom. The second kappa shape index (κ2) is 8.13. The Morgan fingerprint density at radius 1 is 1.31 bits per heavy atom. The van der Waals surface area contributed by atoms with Crippen LogP contribution in [0.1, 0.15) is 43.0 Å². The van der Waals surface area contributed by atoms with E-state index in [2.05, 4.69) is 29.4 Å². The van der Waals surface area contributed by atoms with E-state index in [1.165, 1.54) is 5.56 Å². The van der Waals surface area contributed by atoms with E-state index >= 15 is 0 Å². The average Bonchev–Trinajstić information content (AvgIpc) is 2.61. The standard InChI is InChI=1S/C21H27N3O2/c1-14(2)26-20-12-15(3)8-9-16(20)13-23-21(22)24-18-10-11-25-19-7-5-4-6-17(18)19/h4-9,12,14,18H,10-11,13H2,1-3H3,(H3,22,23,24). The Morgan fingerprint density at radius 2 is 2.12 bits per heavy atom. The number of nitrogens with two attached hydrogens (primary N) is 1. The van der Waals surface area contributed by atoms with Crippen LogP contribution in [0.25, 0.3) is 0 Å². The molecule has 0 aromatic heterocycles. The smallest absolute Gasteiger partial charge is 0.189 e. The number of hydrogen-bond acceptors (Lipinski definition) is 3. The Kier molecular flexibility index (Phi) is 5.66. The molecule has 1 heterocycles. The predicted molar refractivity (Wildman–Crippen MR) is 105 cm³/mol. The van der Waals surface area contributed by atoms with Gasteiger partial charge in [-0.05, 0) is 38.5 Å².